The number of rotatable bonds is 25. The van der Waals surface area contributed by atoms with Crippen molar-refractivity contribution >= 4 is 71.0 Å². The molecule has 0 spiro atoms. The van der Waals surface area contributed by atoms with E-state index in [2.05, 4.69) is 36.9 Å². The van der Waals surface area contributed by atoms with Crippen LogP contribution < -0.4 is 49.1 Å². The summed E-state index contributed by atoms with van der Waals surface area (Å²) in [6.07, 6.45) is 2.45. The lowest BCUT2D eigenvalue weighted by Gasteiger charge is -2.30. The van der Waals surface area contributed by atoms with Gasteiger partial charge in [0.05, 0.1) is 19.0 Å². The average Bonchev–Trinajstić information content (AvgIpc) is 3.65. The van der Waals surface area contributed by atoms with Crippen LogP contribution in [0.5, 0.6) is 0 Å². The number of carbonyl (C=O) groups is 9. The molecule has 0 aliphatic carbocycles. The standard InChI is InChI=1S/C34H59N11O11S/c1-6-17(2)26(35)31(53)40-18(3)27(49)43-20(9-7-12-38-34(36)37)28(50)39-16-24(46)42-22(15-25(47)48)29(51)44-21(11-14-57-5)32(54)45-13-8-10-23(45)30(52)41-19(4)33(55)56/h17-23,26H,6-16,35H2,1-5H3,(H,39,50)(H,40,53)(H,41,52)(H,42,46)(H,43,49)(H,44,51)(H,47,48)(H,55,56)(H4,36,37,38)/t17-,18-,19-,20-,21-,22-,23-,26-/m0/s1. The van der Waals surface area contributed by atoms with Gasteiger partial charge in [-0.1, -0.05) is 20.3 Å². The minimum absolute atomic E-state index is 0.00332. The quantitative estimate of drug-likeness (QED) is 0.0240. The van der Waals surface area contributed by atoms with Crippen molar-refractivity contribution in [3.63, 3.8) is 0 Å². The predicted molar refractivity (Wildman–Crippen MR) is 209 cm³/mol. The van der Waals surface area contributed by atoms with Crippen LogP contribution in [0.1, 0.15) is 72.6 Å². The summed E-state index contributed by atoms with van der Waals surface area (Å²) in [5.74, 6) is -8.17. The maximum absolute atomic E-state index is 13.7. The summed E-state index contributed by atoms with van der Waals surface area (Å²) in [6.45, 7) is 5.80. The Balaban J connectivity index is 3.07. The molecule has 1 rings (SSSR count). The Morgan fingerprint density at radius 1 is 0.825 bits per heavy atom. The summed E-state index contributed by atoms with van der Waals surface area (Å²) in [6, 6.07) is -8.36. The largest absolute Gasteiger partial charge is 0.481 e. The number of nitrogens with one attached hydrogen (secondary N) is 6. The van der Waals surface area contributed by atoms with Crippen LogP contribution in [0.2, 0.25) is 0 Å². The van der Waals surface area contributed by atoms with E-state index in [1.807, 2.05) is 6.92 Å². The summed E-state index contributed by atoms with van der Waals surface area (Å²) < 4.78 is 0. The number of hydrogen-bond donors (Lipinski definition) is 11. The zero-order valence-electron chi connectivity index (χ0n) is 33.0. The van der Waals surface area contributed by atoms with Crippen molar-refractivity contribution in [3.8, 4) is 0 Å². The van der Waals surface area contributed by atoms with Gasteiger partial charge in [0.25, 0.3) is 0 Å². The van der Waals surface area contributed by atoms with Crippen LogP contribution in [0, 0.1) is 5.92 Å². The number of likely N-dealkylation sites (tertiary alicyclic amines) is 1. The zero-order valence-corrected chi connectivity index (χ0v) is 33.8. The van der Waals surface area contributed by atoms with Crippen LogP contribution in [-0.2, 0) is 43.2 Å². The summed E-state index contributed by atoms with van der Waals surface area (Å²) in [5.41, 5.74) is 16.7. The molecule has 0 radical (unpaired) electrons. The molecular formula is C34H59N11O11S. The third-order valence-corrected chi connectivity index (χ3v) is 9.78. The van der Waals surface area contributed by atoms with Crippen molar-refractivity contribution in [1.29, 1.82) is 0 Å². The molecule has 1 saturated heterocycles. The molecule has 22 nitrogen and oxygen atoms in total. The number of guanidine groups is 1. The number of thioether (sulfide) groups is 1. The predicted octanol–water partition coefficient (Wildman–Crippen LogP) is -3.70. The normalized spacial score (nSPS) is 17.2. The van der Waals surface area contributed by atoms with Crippen LogP contribution in [0.4, 0.5) is 0 Å². The number of aliphatic imine (C=N–C) groups is 1. The van der Waals surface area contributed by atoms with Crippen molar-refractivity contribution in [2.75, 3.05) is 31.6 Å². The molecule has 7 amide bonds. The highest BCUT2D eigenvalue weighted by molar-refractivity contribution is 7.98. The first-order valence-corrected chi connectivity index (χ1v) is 20.0. The minimum atomic E-state index is -1.70. The molecule has 1 fully saturated rings. The smallest absolute Gasteiger partial charge is 0.325 e. The highest BCUT2D eigenvalue weighted by Gasteiger charge is 2.39. The van der Waals surface area contributed by atoms with Crippen molar-refractivity contribution < 1.29 is 53.4 Å². The second kappa shape index (κ2) is 25.1. The Kier molecular flexibility index (Phi) is 22.0. The second-order valence-electron chi connectivity index (χ2n) is 13.7. The molecular weight excluding hydrogens is 771 g/mol. The molecule has 1 aliphatic heterocycles. The fraction of sp³-hybridized carbons (Fsp3) is 0.706. The molecule has 0 unspecified atom stereocenters. The Labute approximate surface area is 335 Å². The monoisotopic (exact) mass is 829 g/mol. The van der Waals surface area contributed by atoms with E-state index in [-0.39, 0.29) is 50.7 Å². The van der Waals surface area contributed by atoms with Crippen molar-refractivity contribution in [3.05, 3.63) is 0 Å². The molecule has 57 heavy (non-hydrogen) atoms. The molecule has 0 bridgehead atoms. The molecule has 322 valence electrons. The SMILES string of the molecule is CC[C@H](C)[C@H](N)C(=O)N[C@@H](C)C(=O)N[C@@H](CCCN=C(N)N)C(=O)NCC(=O)N[C@@H](CC(=O)O)C(=O)N[C@@H](CCSC)C(=O)N1CCC[C@H]1C(=O)N[C@@H](C)C(=O)O. The number of aliphatic carboxylic acids is 2. The fourth-order valence-electron chi connectivity index (χ4n) is 5.52. The van der Waals surface area contributed by atoms with E-state index in [1.165, 1.54) is 30.5 Å². The lowest BCUT2D eigenvalue weighted by atomic mass is 9.99. The first-order valence-electron chi connectivity index (χ1n) is 18.6. The molecule has 0 saturated carbocycles. The van der Waals surface area contributed by atoms with E-state index in [0.29, 0.717) is 18.6 Å². The third-order valence-electron chi connectivity index (χ3n) is 9.14. The second-order valence-corrected chi connectivity index (χ2v) is 14.7. The Morgan fingerprint density at radius 3 is 2.05 bits per heavy atom. The van der Waals surface area contributed by atoms with Crippen molar-refractivity contribution in [2.45, 2.75) is 115 Å². The zero-order chi connectivity index (χ0) is 43.4. The van der Waals surface area contributed by atoms with Gasteiger partial charge < -0.3 is 64.2 Å². The Morgan fingerprint density at radius 2 is 1.47 bits per heavy atom. The van der Waals surface area contributed by atoms with E-state index in [4.69, 9.17) is 17.2 Å². The number of nitrogens with zero attached hydrogens (tertiary/aromatic N) is 2. The van der Waals surface area contributed by atoms with Gasteiger partial charge in [-0.25, -0.2) is 0 Å². The Hall–Kier alpha value is -5.19. The highest BCUT2D eigenvalue weighted by Crippen LogP contribution is 2.20. The van der Waals surface area contributed by atoms with Crippen LogP contribution in [-0.4, -0.2) is 148 Å². The van der Waals surface area contributed by atoms with E-state index in [1.54, 1.807) is 13.2 Å². The summed E-state index contributed by atoms with van der Waals surface area (Å²) >= 11 is 1.36. The third kappa shape index (κ3) is 17.7. The van der Waals surface area contributed by atoms with E-state index >= 15 is 0 Å². The molecule has 1 aliphatic rings. The molecule has 0 aromatic rings. The van der Waals surface area contributed by atoms with Crippen LogP contribution in [0.3, 0.4) is 0 Å². The van der Waals surface area contributed by atoms with Gasteiger partial charge in [0, 0.05) is 13.1 Å². The number of carboxylic acids is 2. The highest BCUT2D eigenvalue weighted by atomic mass is 32.2. The average molecular weight is 830 g/mol. The molecule has 1 heterocycles. The first-order chi connectivity index (χ1) is 26.7. The summed E-state index contributed by atoms with van der Waals surface area (Å²) in [7, 11) is 0. The number of hydrogen-bond acceptors (Lipinski definition) is 12. The molecule has 8 atom stereocenters. The van der Waals surface area contributed by atoms with Crippen molar-refractivity contribution in [1.82, 2.24) is 36.8 Å². The number of nitrogens with two attached hydrogens (primary N) is 3. The van der Waals surface area contributed by atoms with Crippen LogP contribution >= 0.6 is 11.8 Å². The first kappa shape index (κ1) is 49.8. The van der Waals surface area contributed by atoms with Gasteiger partial charge in [-0.05, 0) is 63.9 Å². The maximum atomic E-state index is 13.7. The number of carboxylic acid groups (broad SMARTS) is 2. The minimum Gasteiger partial charge on any atom is -0.481 e. The van der Waals surface area contributed by atoms with Gasteiger partial charge in [-0.3, -0.25) is 48.1 Å². The lowest BCUT2D eigenvalue weighted by Crippen LogP contribution is -2.58. The van der Waals surface area contributed by atoms with Crippen LogP contribution in [0.15, 0.2) is 4.99 Å². The summed E-state index contributed by atoms with van der Waals surface area (Å²) in [5, 5.41) is 33.2. The topological polar surface area (TPSA) is 360 Å². The van der Waals surface area contributed by atoms with Gasteiger partial charge in [-0.15, -0.1) is 0 Å². The molecule has 0 aromatic carbocycles. The van der Waals surface area contributed by atoms with Gasteiger partial charge in [0.2, 0.25) is 41.4 Å². The number of carbonyl (C=O) groups excluding carboxylic acids is 7. The fourth-order valence-corrected chi connectivity index (χ4v) is 5.99. The molecule has 14 N–H and O–H groups in total. The van der Waals surface area contributed by atoms with Crippen molar-refractivity contribution in [2.24, 2.45) is 28.1 Å². The molecule has 0 aromatic heterocycles. The Bertz CT molecular complexity index is 1480. The maximum Gasteiger partial charge on any atom is 0.325 e. The van der Waals surface area contributed by atoms with Gasteiger partial charge in [0.1, 0.15) is 36.3 Å². The van der Waals surface area contributed by atoms with E-state index in [0.717, 1.165) is 0 Å². The van der Waals surface area contributed by atoms with Gasteiger partial charge in [0.15, 0.2) is 5.96 Å². The number of amides is 7. The summed E-state index contributed by atoms with van der Waals surface area (Å²) in [4.78, 5) is 120. The lowest BCUT2D eigenvalue weighted by molar-refractivity contribution is -0.144. The van der Waals surface area contributed by atoms with E-state index in [9.17, 15) is 53.4 Å². The van der Waals surface area contributed by atoms with E-state index < -0.39 is 109 Å². The van der Waals surface area contributed by atoms with Gasteiger partial charge in [-0.2, -0.15) is 11.8 Å². The van der Waals surface area contributed by atoms with Gasteiger partial charge >= 0.3 is 11.9 Å². The van der Waals surface area contributed by atoms with Crippen LogP contribution in [0.25, 0.3) is 0 Å². The molecule has 23 heteroatoms.